The third kappa shape index (κ3) is 10.6. The molecule has 25 heavy (non-hydrogen) atoms. The number of hydrogen-bond acceptors (Lipinski definition) is 3. The maximum Gasteiger partial charge on any atom is 0.191 e. The van der Waals surface area contributed by atoms with Gasteiger partial charge in [-0.1, -0.05) is 6.07 Å². The lowest BCUT2D eigenvalue weighted by atomic mass is 10.1. The second-order valence-corrected chi connectivity index (χ2v) is 5.56. The second-order valence-electron chi connectivity index (χ2n) is 5.56. The van der Waals surface area contributed by atoms with Gasteiger partial charge in [0.25, 0.3) is 0 Å². The van der Waals surface area contributed by atoms with Crippen LogP contribution in [0.1, 0.15) is 12.0 Å². The van der Waals surface area contributed by atoms with Crippen LogP contribution in [0.15, 0.2) is 23.2 Å². The third-order valence-corrected chi connectivity index (χ3v) is 3.60. The number of likely N-dealkylation sites (N-methyl/N-ethyl adjacent to an activating group) is 1. The van der Waals surface area contributed by atoms with Crippen molar-refractivity contribution in [2.24, 2.45) is 4.99 Å². The Balaban J connectivity index is 0.00000576. The zero-order chi connectivity index (χ0) is 17.8. The standard InChI is InChI=1S/C17H28F2N4O.HI/c1-20-17(22-9-11-23(2)10-4-12-24-3)21-8-7-14-5-6-15(18)13-16(14)19;/h5-6,13H,4,7-12H2,1-3H3,(H2,20,21,22);1H. The van der Waals surface area contributed by atoms with Gasteiger partial charge < -0.3 is 20.3 Å². The third-order valence-electron chi connectivity index (χ3n) is 3.60. The molecule has 0 spiro atoms. The molecule has 0 aliphatic heterocycles. The molecule has 0 amide bonds. The molecule has 0 aliphatic rings. The second kappa shape index (κ2) is 14.2. The first-order valence-corrected chi connectivity index (χ1v) is 8.12. The number of aliphatic imine (C=N–C) groups is 1. The van der Waals surface area contributed by atoms with E-state index in [9.17, 15) is 8.78 Å². The van der Waals surface area contributed by atoms with E-state index in [4.69, 9.17) is 4.74 Å². The number of rotatable bonds is 10. The molecule has 0 radical (unpaired) electrons. The van der Waals surface area contributed by atoms with Crippen molar-refractivity contribution in [3.05, 3.63) is 35.4 Å². The summed E-state index contributed by atoms with van der Waals surface area (Å²) in [6, 6.07) is 3.64. The largest absolute Gasteiger partial charge is 0.385 e. The summed E-state index contributed by atoms with van der Waals surface area (Å²) in [7, 11) is 5.45. The minimum absolute atomic E-state index is 0. The maximum absolute atomic E-state index is 13.5. The highest BCUT2D eigenvalue weighted by Crippen LogP contribution is 2.09. The zero-order valence-electron chi connectivity index (χ0n) is 15.1. The molecule has 1 aromatic rings. The average Bonchev–Trinajstić information content (AvgIpc) is 2.55. The first-order chi connectivity index (χ1) is 11.6. The van der Waals surface area contributed by atoms with Gasteiger partial charge in [-0.25, -0.2) is 8.78 Å². The van der Waals surface area contributed by atoms with Gasteiger partial charge in [-0.2, -0.15) is 0 Å². The summed E-state index contributed by atoms with van der Waals surface area (Å²) in [5, 5.41) is 6.34. The number of nitrogens with one attached hydrogen (secondary N) is 2. The number of methoxy groups -OCH3 is 1. The SMILES string of the molecule is CN=C(NCCc1ccc(F)cc1F)NCCN(C)CCCOC.I. The highest BCUT2D eigenvalue weighted by Gasteiger charge is 2.04. The lowest BCUT2D eigenvalue weighted by Gasteiger charge is -2.18. The van der Waals surface area contributed by atoms with Crippen molar-refractivity contribution < 1.29 is 13.5 Å². The van der Waals surface area contributed by atoms with Gasteiger partial charge >= 0.3 is 0 Å². The van der Waals surface area contributed by atoms with Crippen molar-refractivity contribution in [2.45, 2.75) is 12.8 Å². The first-order valence-electron chi connectivity index (χ1n) is 8.12. The molecule has 0 saturated carbocycles. The van der Waals surface area contributed by atoms with Crippen molar-refractivity contribution in [1.29, 1.82) is 0 Å². The molecule has 0 heterocycles. The van der Waals surface area contributed by atoms with Crippen LogP contribution in [0.4, 0.5) is 8.78 Å². The Hall–Kier alpha value is -1.00. The monoisotopic (exact) mass is 470 g/mol. The molecule has 1 rings (SSSR count). The summed E-state index contributed by atoms with van der Waals surface area (Å²) in [5.74, 6) is -0.406. The number of guanidine groups is 1. The fourth-order valence-corrected chi connectivity index (χ4v) is 2.22. The van der Waals surface area contributed by atoms with Gasteiger partial charge in [0.05, 0.1) is 0 Å². The number of halogens is 3. The number of benzene rings is 1. The lowest BCUT2D eigenvalue weighted by Crippen LogP contribution is -2.41. The number of nitrogens with zero attached hydrogens (tertiary/aromatic N) is 2. The quantitative estimate of drug-likeness (QED) is 0.239. The minimum atomic E-state index is -0.559. The molecular formula is C17H29F2IN4O. The summed E-state index contributed by atoms with van der Waals surface area (Å²) in [5.41, 5.74) is 0.484. The average molecular weight is 470 g/mol. The van der Waals surface area contributed by atoms with Crippen LogP contribution in [0, 0.1) is 11.6 Å². The molecule has 0 fully saturated rings. The van der Waals surface area contributed by atoms with Gasteiger partial charge in [0, 0.05) is 53.0 Å². The number of ether oxygens (including phenoxy) is 1. The highest BCUT2D eigenvalue weighted by atomic mass is 127. The molecule has 0 bridgehead atoms. The molecule has 8 heteroatoms. The van der Waals surface area contributed by atoms with Crippen LogP contribution >= 0.6 is 24.0 Å². The Bertz CT molecular complexity index is 517. The van der Waals surface area contributed by atoms with E-state index in [1.807, 2.05) is 0 Å². The van der Waals surface area contributed by atoms with Crippen LogP contribution in [-0.2, 0) is 11.2 Å². The molecule has 1 aromatic carbocycles. The maximum atomic E-state index is 13.5. The molecule has 0 unspecified atom stereocenters. The smallest absolute Gasteiger partial charge is 0.191 e. The van der Waals surface area contributed by atoms with Crippen LogP contribution in [0.3, 0.4) is 0 Å². The van der Waals surface area contributed by atoms with E-state index in [1.165, 1.54) is 12.1 Å². The normalized spacial score (nSPS) is 11.4. The highest BCUT2D eigenvalue weighted by molar-refractivity contribution is 14.0. The fourth-order valence-electron chi connectivity index (χ4n) is 2.22. The molecule has 144 valence electrons. The van der Waals surface area contributed by atoms with Gasteiger partial charge in [-0.15, -0.1) is 24.0 Å². The van der Waals surface area contributed by atoms with Gasteiger partial charge in [0.1, 0.15) is 11.6 Å². The Morgan fingerprint density at radius 3 is 2.56 bits per heavy atom. The van der Waals surface area contributed by atoms with E-state index in [1.54, 1.807) is 14.2 Å². The summed E-state index contributed by atoms with van der Waals surface area (Å²) in [4.78, 5) is 6.35. The van der Waals surface area contributed by atoms with Gasteiger partial charge in [-0.05, 0) is 31.5 Å². The van der Waals surface area contributed by atoms with E-state index in [0.717, 1.165) is 38.7 Å². The van der Waals surface area contributed by atoms with E-state index in [2.05, 4.69) is 27.6 Å². The Morgan fingerprint density at radius 1 is 1.20 bits per heavy atom. The van der Waals surface area contributed by atoms with Crippen LogP contribution in [0.2, 0.25) is 0 Å². The molecular weight excluding hydrogens is 441 g/mol. The molecule has 5 nitrogen and oxygen atoms in total. The molecule has 0 aliphatic carbocycles. The van der Waals surface area contributed by atoms with Crippen molar-refractivity contribution in [3.63, 3.8) is 0 Å². The molecule has 0 aromatic heterocycles. The summed E-state index contributed by atoms with van der Waals surface area (Å²) in [6.07, 6.45) is 1.47. The van der Waals surface area contributed by atoms with Gasteiger partial charge in [0.2, 0.25) is 0 Å². The van der Waals surface area contributed by atoms with E-state index in [-0.39, 0.29) is 24.0 Å². The predicted octanol–water partition coefficient (Wildman–Crippen LogP) is 2.26. The van der Waals surface area contributed by atoms with Crippen LogP contribution in [0.5, 0.6) is 0 Å². The van der Waals surface area contributed by atoms with Crippen molar-refractivity contribution in [1.82, 2.24) is 15.5 Å². The minimum Gasteiger partial charge on any atom is -0.385 e. The van der Waals surface area contributed by atoms with Crippen molar-refractivity contribution in [3.8, 4) is 0 Å². The summed E-state index contributed by atoms with van der Waals surface area (Å²) >= 11 is 0. The van der Waals surface area contributed by atoms with Gasteiger partial charge in [0.15, 0.2) is 5.96 Å². The first kappa shape index (κ1) is 24.0. The van der Waals surface area contributed by atoms with E-state index >= 15 is 0 Å². The number of hydrogen-bond donors (Lipinski definition) is 2. The Labute approximate surface area is 166 Å². The van der Waals surface area contributed by atoms with Crippen LogP contribution in [0.25, 0.3) is 0 Å². The van der Waals surface area contributed by atoms with E-state index in [0.29, 0.717) is 24.5 Å². The Morgan fingerprint density at radius 2 is 1.92 bits per heavy atom. The van der Waals surface area contributed by atoms with Crippen molar-refractivity contribution >= 4 is 29.9 Å². The lowest BCUT2D eigenvalue weighted by molar-refractivity contribution is 0.180. The molecule has 0 atom stereocenters. The Kier molecular flexibility index (Phi) is 13.6. The van der Waals surface area contributed by atoms with Crippen LogP contribution < -0.4 is 10.6 Å². The summed E-state index contributed by atoms with van der Waals surface area (Å²) in [6.45, 7) is 3.91. The van der Waals surface area contributed by atoms with Crippen LogP contribution in [-0.4, -0.2) is 64.9 Å². The molecule has 2 N–H and O–H groups in total. The van der Waals surface area contributed by atoms with Crippen molar-refractivity contribution in [2.75, 3.05) is 54.0 Å². The topological polar surface area (TPSA) is 48.9 Å². The van der Waals surface area contributed by atoms with E-state index < -0.39 is 11.6 Å². The van der Waals surface area contributed by atoms with Gasteiger partial charge in [-0.3, -0.25) is 4.99 Å². The molecule has 0 saturated heterocycles. The fraction of sp³-hybridized carbons (Fsp3) is 0.588. The zero-order valence-corrected chi connectivity index (χ0v) is 17.5. The predicted molar refractivity (Wildman–Crippen MR) is 109 cm³/mol. The summed E-state index contributed by atoms with van der Waals surface area (Å²) < 4.78 is 31.4.